The highest BCUT2D eigenvalue weighted by Crippen LogP contribution is 2.25. The molecule has 2 rings (SSSR count). The number of hydrogen-bond acceptors (Lipinski definition) is 5. The van der Waals surface area contributed by atoms with E-state index in [1.165, 1.54) is 19.1 Å². The summed E-state index contributed by atoms with van der Waals surface area (Å²) in [5.74, 6) is -2.68. The third-order valence-electron chi connectivity index (χ3n) is 3.39. The summed E-state index contributed by atoms with van der Waals surface area (Å²) in [4.78, 5) is 53.0. The Hall–Kier alpha value is -2.70. The van der Waals surface area contributed by atoms with E-state index < -0.39 is 35.1 Å². The zero-order chi connectivity index (χ0) is 17.4. The first-order valence-electron chi connectivity index (χ1n) is 7.09. The monoisotopic (exact) mass is 318 g/mol. The molecular formula is C16H18N2O5. The minimum absolute atomic E-state index is 0.178. The van der Waals surface area contributed by atoms with Crippen molar-refractivity contribution in [1.29, 1.82) is 0 Å². The van der Waals surface area contributed by atoms with Crippen LogP contribution in [0.4, 0.5) is 0 Å². The van der Waals surface area contributed by atoms with Gasteiger partial charge in [-0.1, -0.05) is 38.0 Å². The van der Waals surface area contributed by atoms with Crippen LogP contribution in [-0.2, 0) is 14.4 Å². The van der Waals surface area contributed by atoms with Crippen LogP contribution in [0.25, 0.3) is 0 Å². The molecule has 1 N–H and O–H groups in total. The topological polar surface area (TPSA) is 92.8 Å². The molecule has 7 nitrogen and oxygen atoms in total. The molecule has 0 saturated carbocycles. The van der Waals surface area contributed by atoms with Crippen molar-refractivity contribution in [2.45, 2.75) is 33.7 Å². The lowest BCUT2D eigenvalue weighted by atomic mass is 9.87. The van der Waals surface area contributed by atoms with Crippen LogP contribution in [0.5, 0.6) is 0 Å². The van der Waals surface area contributed by atoms with Crippen molar-refractivity contribution in [1.82, 2.24) is 10.4 Å². The summed E-state index contributed by atoms with van der Waals surface area (Å²) in [6, 6.07) is 5.20. The van der Waals surface area contributed by atoms with E-state index in [-0.39, 0.29) is 11.1 Å². The Morgan fingerprint density at radius 3 is 1.96 bits per heavy atom. The first-order valence-corrected chi connectivity index (χ1v) is 7.09. The molecule has 1 aliphatic rings. The van der Waals surface area contributed by atoms with Gasteiger partial charge in [0, 0.05) is 6.92 Å². The number of nitrogens with zero attached hydrogens (tertiary/aromatic N) is 1. The van der Waals surface area contributed by atoms with Crippen molar-refractivity contribution in [3.8, 4) is 0 Å². The van der Waals surface area contributed by atoms with Gasteiger partial charge >= 0.3 is 5.97 Å². The number of hydroxylamine groups is 2. The molecule has 0 aromatic heterocycles. The van der Waals surface area contributed by atoms with Gasteiger partial charge in [-0.2, -0.15) is 0 Å². The highest BCUT2D eigenvalue weighted by molar-refractivity contribution is 6.20. The second kappa shape index (κ2) is 5.83. The third-order valence-corrected chi connectivity index (χ3v) is 3.39. The molecule has 122 valence electrons. The van der Waals surface area contributed by atoms with E-state index in [9.17, 15) is 19.2 Å². The lowest BCUT2D eigenvalue weighted by Crippen LogP contribution is -2.51. The number of carbonyl (C=O) groups excluding carboxylic acids is 4. The summed E-state index contributed by atoms with van der Waals surface area (Å²) >= 11 is 0. The molecule has 1 aliphatic heterocycles. The molecular weight excluding hydrogens is 300 g/mol. The minimum atomic E-state index is -0.996. The van der Waals surface area contributed by atoms with Gasteiger partial charge in [-0.05, 0) is 17.5 Å². The SMILES string of the molecule is CC(=O)N[C@@H](C(=O)ON1C(=O)c2ccccc2C1=O)C(C)(C)C. The van der Waals surface area contributed by atoms with Gasteiger partial charge in [0.2, 0.25) is 5.91 Å². The summed E-state index contributed by atoms with van der Waals surface area (Å²) in [6.45, 7) is 6.47. The van der Waals surface area contributed by atoms with Gasteiger partial charge in [0.25, 0.3) is 11.8 Å². The fourth-order valence-corrected chi connectivity index (χ4v) is 2.22. The van der Waals surface area contributed by atoms with Gasteiger partial charge in [0.1, 0.15) is 6.04 Å². The largest absolute Gasteiger partial charge is 0.355 e. The number of fused-ring (bicyclic) bond motifs is 1. The Balaban J connectivity index is 2.22. The van der Waals surface area contributed by atoms with Crippen LogP contribution in [0.15, 0.2) is 24.3 Å². The number of amides is 3. The number of imide groups is 1. The van der Waals surface area contributed by atoms with Crippen molar-refractivity contribution in [3.05, 3.63) is 35.4 Å². The number of rotatable bonds is 3. The Morgan fingerprint density at radius 1 is 1.09 bits per heavy atom. The summed E-state index contributed by atoms with van der Waals surface area (Å²) < 4.78 is 0. The molecule has 1 atom stereocenters. The maximum absolute atomic E-state index is 12.3. The summed E-state index contributed by atoms with van der Waals surface area (Å²) in [5.41, 5.74) is -0.296. The van der Waals surface area contributed by atoms with Crippen LogP contribution < -0.4 is 5.32 Å². The van der Waals surface area contributed by atoms with Gasteiger partial charge in [-0.3, -0.25) is 14.4 Å². The van der Waals surface area contributed by atoms with E-state index >= 15 is 0 Å². The van der Waals surface area contributed by atoms with E-state index in [0.29, 0.717) is 5.06 Å². The zero-order valence-corrected chi connectivity index (χ0v) is 13.4. The van der Waals surface area contributed by atoms with Gasteiger partial charge in [0.05, 0.1) is 11.1 Å². The molecule has 0 fully saturated rings. The van der Waals surface area contributed by atoms with Crippen molar-refractivity contribution in [3.63, 3.8) is 0 Å². The fraction of sp³-hybridized carbons (Fsp3) is 0.375. The van der Waals surface area contributed by atoms with E-state index in [2.05, 4.69) is 5.32 Å². The predicted octanol–water partition coefficient (Wildman–Crippen LogP) is 1.29. The van der Waals surface area contributed by atoms with Crippen LogP contribution >= 0.6 is 0 Å². The molecule has 23 heavy (non-hydrogen) atoms. The van der Waals surface area contributed by atoms with Crippen molar-refractivity contribution >= 4 is 23.7 Å². The number of benzene rings is 1. The molecule has 7 heteroatoms. The van der Waals surface area contributed by atoms with Crippen LogP contribution in [-0.4, -0.2) is 34.8 Å². The Kier molecular flexibility index (Phi) is 4.22. The van der Waals surface area contributed by atoms with Crippen LogP contribution in [0.1, 0.15) is 48.4 Å². The maximum atomic E-state index is 12.3. The first-order chi connectivity index (χ1) is 10.6. The smallest absolute Gasteiger partial charge is 0.342 e. The second-order valence-corrected chi connectivity index (χ2v) is 6.36. The van der Waals surface area contributed by atoms with E-state index in [0.717, 1.165) is 0 Å². The summed E-state index contributed by atoms with van der Waals surface area (Å²) in [5, 5.41) is 2.92. The Morgan fingerprint density at radius 2 is 1.57 bits per heavy atom. The number of hydrogen-bond donors (Lipinski definition) is 1. The van der Waals surface area contributed by atoms with Gasteiger partial charge in [0.15, 0.2) is 0 Å². The van der Waals surface area contributed by atoms with Crippen molar-refractivity contribution in [2.75, 3.05) is 0 Å². The number of carbonyl (C=O) groups is 4. The molecule has 3 amide bonds. The predicted molar refractivity (Wildman–Crippen MR) is 80.1 cm³/mol. The van der Waals surface area contributed by atoms with E-state index in [1.807, 2.05) is 0 Å². The van der Waals surface area contributed by atoms with Crippen molar-refractivity contribution < 1.29 is 24.0 Å². The molecule has 0 bridgehead atoms. The molecule has 0 saturated heterocycles. The average Bonchev–Trinajstić information content (AvgIpc) is 2.69. The summed E-state index contributed by atoms with van der Waals surface area (Å²) in [7, 11) is 0. The normalized spacial score (nSPS) is 15.2. The molecule has 0 aliphatic carbocycles. The van der Waals surface area contributed by atoms with Crippen LogP contribution in [0, 0.1) is 5.41 Å². The van der Waals surface area contributed by atoms with Gasteiger partial charge in [-0.15, -0.1) is 0 Å². The lowest BCUT2D eigenvalue weighted by molar-refractivity contribution is -0.174. The minimum Gasteiger partial charge on any atom is -0.342 e. The lowest BCUT2D eigenvalue weighted by Gasteiger charge is -2.29. The molecule has 1 aromatic rings. The van der Waals surface area contributed by atoms with E-state index in [4.69, 9.17) is 4.84 Å². The third kappa shape index (κ3) is 3.23. The highest BCUT2D eigenvalue weighted by atomic mass is 16.7. The fourth-order valence-electron chi connectivity index (χ4n) is 2.22. The molecule has 1 aromatic carbocycles. The number of nitrogens with one attached hydrogen (secondary N) is 1. The standard InChI is InChI=1S/C16H18N2O5/c1-9(19)17-12(16(2,3)4)15(22)23-18-13(20)10-7-5-6-8-11(10)14(18)21/h5-8,12H,1-4H3,(H,17,19)/t12-/m0/s1. The van der Waals surface area contributed by atoms with Gasteiger partial charge in [-0.25, -0.2) is 4.79 Å². The molecule has 0 unspecified atom stereocenters. The second-order valence-electron chi connectivity index (χ2n) is 6.36. The molecule has 0 radical (unpaired) electrons. The van der Waals surface area contributed by atoms with Gasteiger partial charge < -0.3 is 10.2 Å². The van der Waals surface area contributed by atoms with Crippen LogP contribution in [0.2, 0.25) is 0 Å². The zero-order valence-electron chi connectivity index (χ0n) is 13.4. The van der Waals surface area contributed by atoms with Crippen molar-refractivity contribution in [2.24, 2.45) is 5.41 Å². The maximum Gasteiger partial charge on any atom is 0.355 e. The molecule has 1 heterocycles. The first kappa shape index (κ1) is 16.7. The highest BCUT2D eigenvalue weighted by Gasteiger charge is 2.42. The van der Waals surface area contributed by atoms with Crippen LogP contribution in [0.3, 0.4) is 0 Å². The summed E-state index contributed by atoms with van der Waals surface area (Å²) in [6.07, 6.45) is 0. The quantitative estimate of drug-likeness (QED) is 0.848. The van der Waals surface area contributed by atoms with E-state index in [1.54, 1.807) is 32.9 Å². The average molecular weight is 318 g/mol. The Bertz CT molecular complexity index is 655. The molecule has 0 spiro atoms. The Labute approximate surface area is 133 Å².